The summed E-state index contributed by atoms with van der Waals surface area (Å²) in [7, 11) is 0. The van der Waals surface area contributed by atoms with Gasteiger partial charge in [0.1, 0.15) is 0 Å². The van der Waals surface area contributed by atoms with E-state index in [-0.39, 0.29) is 18.4 Å². The first-order chi connectivity index (χ1) is 28.0. The molecular weight excluding hydrogens is 703 g/mol. The van der Waals surface area contributed by atoms with Crippen molar-refractivity contribution < 1.29 is 9.90 Å². The molecule has 0 spiro atoms. The Labute approximate surface area is 331 Å². The van der Waals surface area contributed by atoms with E-state index in [0.29, 0.717) is 22.5 Å². The van der Waals surface area contributed by atoms with Crippen LogP contribution in [0.25, 0.3) is 90.9 Å². The molecule has 5 heterocycles. The third-order valence-corrected chi connectivity index (χ3v) is 10.7. The number of carbonyl (C=O) groups is 1. The summed E-state index contributed by atoms with van der Waals surface area (Å²) in [5.74, 6) is -0.227. The quantitative estimate of drug-likeness (QED) is 0.124. The number of H-pyrrole nitrogens is 2. The summed E-state index contributed by atoms with van der Waals surface area (Å²) in [6.07, 6.45) is 8.12. The number of nitrogens with one attached hydrogen (secondary N) is 3. The van der Waals surface area contributed by atoms with Gasteiger partial charge in [0, 0.05) is 49.9 Å². The van der Waals surface area contributed by atoms with Gasteiger partial charge in [-0.25, -0.2) is 9.97 Å². The lowest BCUT2D eigenvalue weighted by Gasteiger charge is -2.21. The number of aliphatic hydroxyl groups excluding tert-OH is 1. The van der Waals surface area contributed by atoms with Gasteiger partial charge in [0.2, 0.25) is 0 Å². The molecule has 0 fully saturated rings. The molecule has 0 unspecified atom stereocenters. The molecule has 1 atom stereocenters. The third kappa shape index (κ3) is 6.79. The van der Waals surface area contributed by atoms with Crippen LogP contribution in [0.2, 0.25) is 0 Å². The highest BCUT2D eigenvalue weighted by atomic mass is 16.3. The van der Waals surface area contributed by atoms with Crippen molar-refractivity contribution in [2.24, 2.45) is 5.92 Å². The van der Waals surface area contributed by atoms with Gasteiger partial charge in [-0.05, 0) is 82.8 Å². The van der Waals surface area contributed by atoms with Gasteiger partial charge in [-0.2, -0.15) is 0 Å². The fourth-order valence-corrected chi connectivity index (χ4v) is 7.78. The van der Waals surface area contributed by atoms with E-state index >= 15 is 0 Å². The molecule has 0 saturated heterocycles. The molecule has 9 rings (SSSR count). The van der Waals surface area contributed by atoms with Crippen LogP contribution in [0.3, 0.4) is 0 Å². The molecule has 7 aromatic rings. The van der Waals surface area contributed by atoms with Gasteiger partial charge in [0.15, 0.2) is 0 Å². The number of aromatic nitrogens is 4. The number of benzene rings is 4. The van der Waals surface area contributed by atoms with E-state index in [1.54, 1.807) is 0 Å². The fourth-order valence-electron chi connectivity index (χ4n) is 7.78. The number of aromatic amines is 2. The minimum atomic E-state index is -0.401. The summed E-state index contributed by atoms with van der Waals surface area (Å²) in [4.78, 5) is 32.4. The number of hydrogen-bond donors (Lipinski definition) is 4. The van der Waals surface area contributed by atoms with Gasteiger partial charge < -0.3 is 20.4 Å². The van der Waals surface area contributed by atoms with Crippen molar-refractivity contribution in [3.8, 4) is 44.5 Å². The van der Waals surface area contributed by atoms with Crippen molar-refractivity contribution in [2.75, 3.05) is 6.61 Å². The van der Waals surface area contributed by atoms with Gasteiger partial charge >= 0.3 is 0 Å². The average molecular weight is 744 g/mol. The van der Waals surface area contributed by atoms with E-state index in [0.717, 1.165) is 72.4 Å². The van der Waals surface area contributed by atoms with E-state index in [9.17, 15) is 9.90 Å². The van der Waals surface area contributed by atoms with Crippen LogP contribution in [-0.4, -0.2) is 43.6 Å². The predicted octanol–water partition coefficient (Wildman–Crippen LogP) is 11.1. The van der Waals surface area contributed by atoms with E-state index in [2.05, 4.69) is 88.1 Å². The van der Waals surface area contributed by atoms with Gasteiger partial charge in [-0.3, -0.25) is 4.79 Å². The van der Waals surface area contributed by atoms with Crippen LogP contribution in [0.5, 0.6) is 0 Å². The number of fused-ring (bicyclic) bond motifs is 8. The second-order valence-corrected chi connectivity index (χ2v) is 14.7. The van der Waals surface area contributed by atoms with Crippen molar-refractivity contribution in [3.63, 3.8) is 0 Å². The summed E-state index contributed by atoms with van der Waals surface area (Å²) < 4.78 is 0. The Morgan fingerprint density at radius 1 is 0.526 bits per heavy atom. The lowest BCUT2D eigenvalue weighted by Crippen LogP contribution is -2.41. The Morgan fingerprint density at radius 3 is 1.35 bits per heavy atom. The molecule has 3 aromatic heterocycles. The maximum atomic E-state index is 14.1. The highest BCUT2D eigenvalue weighted by Crippen LogP contribution is 2.39. The predicted molar refractivity (Wildman–Crippen MR) is 234 cm³/mol. The van der Waals surface area contributed by atoms with Crippen molar-refractivity contribution in [1.82, 2.24) is 25.3 Å². The molecule has 2 aliphatic rings. The van der Waals surface area contributed by atoms with Gasteiger partial charge in [0.05, 0.1) is 35.4 Å². The van der Waals surface area contributed by atoms with Gasteiger partial charge in [-0.1, -0.05) is 123 Å². The number of aliphatic hydroxyl groups is 1. The van der Waals surface area contributed by atoms with Crippen LogP contribution in [-0.2, 0) is 0 Å². The fraction of sp³-hybridized carbons (Fsp3) is 0.100. The van der Waals surface area contributed by atoms with Crippen LogP contribution in [0.15, 0.2) is 140 Å². The molecule has 7 heteroatoms. The number of carbonyl (C=O) groups excluding carboxylic acids is 1. The van der Waals surface area contributed by atoms with Gasteiger partial charge in [-0.15, -0.1) is 0 Å². The summed E-state index contributed by atoms with van der Waals surface area (Å²) in [5, 5.41) is 13.2. The molecule has 4 aromatic carbocycles. The molecule has 7 nitrogen and oxygen atoms in total. The molecule has 2 aliphatic heterocycles. The number of nitrogens with zero attached hydrogens (tertiary/aromatic N) is 2. The first kappa shape index (κ1) is 35.6. The second kappa shape index (κ2) is 15.2. The smallest absolute Gasteiger partial charge is 0.252 e. The topological polar surface area (TPSA) is 107 Å². The van der Waals surface area contributed by atoms with Crippen molar-refractivity contribution in [1.29, 1.82) is 0 Å². The lowest BCUT2D eigenvalue weighted by atomic mass is 9.95. The number of hydrogen-bond acceptors (Lipinski definition) is 4. The Balaban J connectivity index is 1.43. The highest BCUT2D eigenvalue weighted by Gasteiger charge is 2.24. The summed E-state index contributed by atoms with van der Waals surface area (Å²) in [6.45, 7) is 3.80. The van der Waals surface area contributed by atoms with Crippen LogP contribution in [0.1, 0.15) is 47.0 Å². The molecule has 4 N–H and O–H groups in total. The second-order valence-electron chi connectivity index (χ2n) is 14.7. The van der Waals surface area contributed by atoms with Crippen LogP contribution < -0.4 is 5.32 Å². The van der Waals surface area contributed by atoms with Crippen LogP contribution >= 0.6 is 0 Å². The van der Waals surface area contributed by atoms with Gasteiger partial charge in [0.25, 0.3) is 5.91 Å². The Kier molecular flexibility index (Phi) is 9.50. The van der Waals surface area contributed by atoms with E-state index in [4.69, 9.17) is 9.97 Å². The third-order valence-electron chi connectivity index (χ3n) is 10.7. The number of rotatable bonds is 8. The first-order valence-electron chi connectivity index (χ1n) is 19.3. The lowest BCUT2D eigenvalue weighted by molar-refractivity contribution is 0.0897. The monoisotopic (exact) mass is 743 g/mol. The zero-order chi connectivity index (χ0) is 38.9. The Hall–Kier alpha value is -7.09. The largest absolute Gasteiger partial charge is 0.394 e. The Morgan fingerprint density at radius 2 is 0.912 bits per heavy atom. The molecule has 57 heavy (non-hydrogen) atoms. The summed E-state index contributed by atoms with van der Waals surface area (Å²) >= 11 is 0. The normalized spacial score (nSPS) is 12.6. The standard InChI is InChI=1S/C50H41N5O2/c1-31(2)45(30-56)55-50(57)36-21-13-12-20-35(36)49-43-28-26-41(53-43)47(33-16-8-4-9-17-33)39-24-22-37(51-39)46(32-14-6-3-7-15-32)38-23-25-40(52-38)48(34-18-10-5-11-19-34)42-27-29-44(49)54-42/h3-29,31,45,51-52,56H,30H2,1-2H3,(H,55,57)/t45-/m1/s1. The molecule has 0 aliphatic carbocycles. The van der Waals surface area contributed by atoms with E-state index < -0.39 is 6.04 Å². The van der Waals surface area contributed by atoms with Crippen LogP contribution in [0, 0.1) is 5.92 Å². The highest BCUT2D eigenvalue weighted by molar-refractivity contribution is 6.05. The number of amides is 1. The average Bonchev–Trinajstić information content (AvgIpc) is 4.09. The zero-order valence-corrected chi connectivity index (χ0v) is 31.7. The molecule has 0 saturated carbocycles. The van der Waals surface area contributed by atoms with E-state index in [1.807, 2.05) is 105 Å². The van der Waals surface area contributed by atoms with Crippen molar-refractivity contribution in [2.45, 2.75) is 19.9 Å². The molecule has 278 valence electrons. The zero-order valence-electron chi connectivity index (χ0n) is 31.7. The summed E-state index contributed by atoms with van der Waals surface area (Å²) in [5.41, 5.74) is 14.6. The maximum Gasteiger partial charge on any atom is 0.252 e. The molecule has 8 bridgehead atoms. The first-order valence-corrected chi connectivity index (χ1v) is 19.3. The van der Waals surface area contributed by atoms with E-state index in [1.165, 1.54) is 0 Å². The Bertz CT molecular complexity index is 2710. The minimum Gasteiger partial charge on any atom is -0.394 e. The maximum absolute atomic E-state index is 14.1. The molecule has 1 amide bonds. The molecule has 0 radical (unpaired) electrons. The summed E-state index contributed by atoms with van der Waals surface area (Å²) in [6, 6.07) is 46.7. The molecular formula is C50H41N5O2. The van der Waals surface area contributed by atoms with Crippen molar-refractivity contribution >= 4 is 52.3 Å². The SMILES string of the molecule is CC(C)[C@@H](CO)NC(=O)c1ccccc1-c1c2nc(c(-c3ccccc3)c3ccc([nH]3)c(-c3ccccc3)c3ccc([nH]3)c(-c3ccccc3)c3nc1C=C3)C=C2. The van der Waals surface area contributed by atoms with Crippen LogP contribution in [0.4, 0.5) is 0 Å². The van der Waals surface area contributed by atoms with Crippen molar-refractivity contribution in [3.05, 3.63) is 168 Å². The minimum absolute atomic E-state index is 0.0438.